The van der Waals surface area contributed by atoms with Crippen LogP contribution in [0.2, 0.25) is 0 Å². The molecule has 1 fully saturated rings. The summed E-state index contributed by atoms with van der Waals surface area (Å²) in [5, 5.41) is 6.86. The fourth-order valence-corrected chi connectivity index (χ4v) is 2.92. The number of aryl methyl sites for hydroxylation is 1. The third-order valence-electron chi connectivity index (χ3n) is 4.45. The Kier molecular flexibility index (Phi) is 5.59. The maximum absolute atomic E-state index is 12.1. The van der Waals surface area contributed by atoms with Crippen LogP contribution in [0, 0.1) is 0 Å². The van der Waals surface area contributed by atoms with Crippen LogP contribution in [0.1, 0.15) is 64.6 Å². The smallest absolute Gasteiger partial charge is 0.227 e. The monoisotopic (exact) mass is 357 g/mol. The molecule has 140 valence electrons. The van der Waals surface area contributed by atoms with E-state index in [2.05, 4.69) is 15.5 Å². The molecule has 1 heterocycles. The average Bonchev–Trinajstić information content (AvgIpc) is 3.26. The number of hydrogen-bond acceptors (Lipinski definition) is 5. The molecule has 0 spiro atoms. The van der Waals surface area contributed by atoms with E-state index < -0.39 is 0 Å². The van der Waals surface area contributed by atoms with Crippen molar-refractivity contribution in [1.29, 1.82) is 0 Å². The minimum Gasteiger partial charge on any atom is -0.490 e. The van der Waals surface area contributed by atoms with Crippen molar-refractivity contribution in [3.05, 3.63) is 36.0 Å². The molecule has 26 heavy (non-hydrogen) atoms. The van der Waals surface area contributed by atoms with Gasteiger partial charge in [-0.2, -0.15) is 4.98 Å². The number of carbonyl (C=O) groups excluding carboxylic acids is 1. The highest BCUT2D eigenvalue weighted by Crippen LogP contribution is 2.25. The van der Waals surface area contributed by atoms with E-state index in [1.807, 2.05) is 45.0 Å². The average molecular weight is 357 g/mol. The van der Waals surface area contributed by atoms with Crippen LogP contribution in [0.5, 0.6) is 5.75 Å². The summed E-state index contributed by atoms with van der Waals surface area (Å²) in [7, 11) is 0. The molecule has 1 aliphatic carbocycles. The van der Waals surface area contributed by atoms with E-state index in [0.29, 0.717) is 30.7 Å². The second-order valence-electron chi connectivity index (χ2n) is 7.86. The standard InChI is InChI=1S/C20H27N3O3/c1-20(2,3)19-22-18(26-23-19)13-12-17(24)21-14-8-10-16(11-9-14)25-15-6-4-5-7-15/h8-11,15H,4-7,12-13H2,1-3H3,(H,21,24). The number of amides is 1. The molecule has 1 amide bonds. The Morgan fingerprint density at radius 2 is 1.92 bits per heavy atom. The number of nitrogens with zero attached hydrogens (tertiary/aromatic N) is 2. The zero-order valence-corrected chi connectivity index (χ0v) is 15.7. The van der Waals surface area contributed by atoms with Crippen LogP contribution in [0.25, 0.3) is 0 Å². The van der Waals surface area contributed by atoms with Crippen LogP contribution >= 0.6 is 0 Å². The molecule has 0 bridgehead atoms. The van der Waals surface area contributed by atoms with E-state index in [9.17, 15) is 4.79 Å². The predicted octanol–water partition coefficient (Wildman–Crippen LogP) is 4.26. The SMILES string of the molecule is CC(C)(C)c1noc(CCC(=O)Nc2ccc(OC3CCCC3)cc2)n1. The molecule has 6 heteroatoms. The minimum atomic E-state index is -0.160. The van der Waals surface area contributed by atoms with Crippen molar-refractivity contribution >= 4 is 11.6 Å². The molecule has 2 aromatic rings. The van der Waals surface area contributed by atoms with Gasteiger partial charge in [-0.25, -0.2) is 0 Å². The van der Waals surface area contributed by atoms with Gasteiger partial charge in [0.25, 0.3) is 0 Å². The number of rotatable bonds is 6. The summed E-state index contributed by atoms with van der Waals surface area (Å²) >= 11 is 0. The van der Waals surface area contributed by atoms with Crippen molar-refractivity contribution < 1.29 is 14.1 Å². The van der Waals surface area contributed by atoms with E-state index in [1.165, 1.54) is 12.8 Å². The summed E-state index contributed by atoms with van der Waals surface area (Å²) in [5.41, 5.74) is 0.599. The maximum atomic E-state index is 12.1. The molecule has 3 rings (SSSR count). The van der Waals surface area contributed by atoms with Crippen molar-refractivity contribution in [2.24, 2.45) is 0 Å². The Balaban J connectivity index is 1.46. The molecule has 1 aromatic carbocycles. The van der Waals surface area contributed by atoms with Crippen molar-refractivity contribution in [2.75, 3.05) is 5.32 Å². The van der Waals surface area contributed by atoms with Gasteiger partial charge in [-0.3, -0.25) is 4.79 Å². The quantitative estimate of drug-likeness (QED) is 0.836. The third-order valence-corrected chi connectivity index (χ3v) is 4.45. The lowest BCUT2D eigenvalue weighted by Crippen LogP contribution is -2.14. The highest BCUT2D eigenvalue weighted by atomic mass is 16.5. The van der Waals surface area contributed by atoms with Gasteiger partial charge in [0.05, 0.1) is 6.10 Å². The number of anilines is 1. The van der Waals surface area contributed by atoms with Crippen molar-refractivity contribution in [3.8, 4) is 5.75 Å². The Morgan fingerprint density at radius 3 is 2.54 bits per heavy atom. The van der Waals surface area contributed by atoms with Gasteiger partial charge in [-0.15, -0.1) is 0 Å². The molecule has 0 unspecified atom stereocenters. The summed E-state index contributed by atoms with van der Waals surface area (Å²) in [6.45, 7) is 6.07. The van der Waals surface area contributed by atoms with Crippen LogP contribution in [-0.2, 0) is 16.6 Å². The van der Waals surface area contributed by atoms with E-state index in [0.717, 1.165) is 24.3 Å². The van der Waals surface area contributed by atoms with Crippen LogP contribution in [0.4, 0.5) is 5.69 Å². The van der Waals surface area contributed by atoms with Crippen molar-refractivity contribution in [2.45, 2.75) is 70.8 Å². The zero-order chi connectivity index (χ0) is 18.6. The Morgan fingerprint density at radius 1 is 1.23 bits per heavy atom. The first-order valence-corrected chi connectivity index (χ1v) is 9.30. The predicted molar refractivity (Wildman–Crippen MR) is 99.3 cm³/mol. The molecule has 1 aliphatic rings. The first kappa shape index (κ1) is 18.4. The highest BCUT2D eigenvalue weighted by molar-refractivity contribution is 5.90. The van der Waals surface area contributed by atoms with Gasteiger partial charge in [0.15, 0.2) is 5.82 Å². The maximum Gasteiger partial charge on any atom is 0.227 e. The normalized spacial score (nSPS) is 15.2. The second-order valence-corrected chi connectivity index (χ2v) is 7.86. The fraction of sp³-hybridized carbons (Fsp3) is 0.550. The summed E-state index contributed by atoms with van der Waals surface area (Å²) in [5.74, 6) is 1.93. The van der Waals surface area contributed by atoms with Gasteiger partial charge >= 0.3 is 0 Å². The zero-order valence-electron chi connectivity index (χ0n) is 15.7. The number of aromatic nitrogens is 2. The van der Waals surface area contributed by atoms with E-state index in [4.69, 9.17) is 9.26 Å². The summed E-state index contributed by atoms with van der Waals surface area (Å²) in [6, 6.07) is 7.54. The van der Waals surface area contributed by atoms with Crippen molar-refractivity contribution in [1.82, 2.24) is 10.1 Å². The van der Waals surface area contributed by atoms with Gasteiger partial charge in [0.2, 0.25) is 11.8 Å². The number of nitrogens with one attached hydrogen (secondary N) is 1. The molecule has 1 N–H and O–H groups in total. The summed E-state index contributed by atoms with van der Waals surface area (Å²) in [4.78, 5) is 16.5. The molecule has 1 saturated carbocycles. The summed E-state index contributed by atoms with van der Waals surface area (Å²) < 4.78 is 11.1. The molecule has 0 aliphatic heterocycles. The number of benzene rings is 1. The fourth-order valence-electron chi connectivity index (χ4n) is 2.92. The molecular formula is C20H27N3O3. The molecular weight excluding hydrogens is 330 g/mol. The van der Waals surface area contributed by atoms with Crippen LogP contribution in [0.3, 0.4) is 0 Å². The van der Waals surface area contributed by atoms with Gasteiger partial charge in [-0.05, 0) is 49.9 Å². The van der Waals surface area contributed by atoms with E-state index in [-0.39, 0.29) is 11.3 Å². The van der Waals surface area contributed by atoms with Crippen LogP contribution in [0.15, 0.2) is 28.8 Å². The lowest BCUT2D eigenvalue weighted by Gasteiger charge is -2.13. The number of hydrogen-bond donors (Lipinski definition) is 1. The largest absolute Gasteiger partial charge is 0.490 e. The lowest BCUT2D eigenvalue weighted by molar-refractivity contribution is -0.116. The minimum absolute atomic E-state index is 0.0787. The second kappa shape index (κ2) is 7.89. The molecule has 6 nitrogen and oxygen atoms in total. The highest BCUT2D eigenvalue weighted by Gasteiger charge is 2.21. The first-order chi connectivity index (χ1) is 12.4. The van der Waals surface area contributed by atoms with E-state index in [1.54, 1.807) is 0 Å². The van der Waals surface area contributed by atoms with Crippen LogP contribution < -0.4 is 10.1 Å². The first-order valence-electron chi connectivity index (χ1n) is 9.30. The molecule has 1 aromatic heterocycles. The Labute approximate surface area is 154 Å². The summed E-state index contributed by atoms with van der Waals surface area (Å²) in [6.07, 6.45) is 5.81. The molecule has 0 atom stereocenters. The Bertz CT molecular complexity index is 726. The van der Waals surface area contributed by atoms with Crippen LogP contribution in [-0.4, -0.2) is 22.2 Å². The van der Waals surface area contributed by atoms with E-state index >= 15 is 0 Å². The Hall–Kier alpha value is -2.37. The van der Waals surface area contributed by atoms with Gasteiger partial charge in [-0.1, -0.05) is 25.9 Å². The molecule has 0 saturated heterocycles. The van der Waals surface area contributed by atoms with Gasteiger partial charge in [0.1, 0.15) is 5.75 Å². The number of ether oxygens (including phenoxy) is 1. The molecule has 0 radical (unpaired) electrons. The van der Waals surface area contributed by atoms with Gasteiger partial charge in [0, 0.05) is 23.9 Å². The van der Waals surface area contributed by atoms with Gasteiger partial charge < -0.3 is 14.6 Å². The van der Waals surface area contributed by atoms with Crippen molar-refractivity contribution in [3.63, 3.8) is 0 Å². The lowest BCUT2D eigenvalue weighted by atomic mass is 9.96. The number of carbonyl (C=O) groups is 1. The topological polar surface area (TPSA) is 77.2 Å². The third kappa shape index (κ3) is 5.07.